The Labute approximate surface area is 80.3 Å². The van der Waals surface area contributed by atoms with Crippen molar-refractivity contribution >= 4 is 5.78 Å². The molecular weight excluding hydrogens is 164 g/mol. The van der Waals surface area contributed by atoms with Gasteiger partial charge in [-0.15, -0.1) is 0 Å². The van der Waals surface area contributed by atoms with E-state index in [0.29, 0.717) is 6.42 Å². The lowest BCUT2D eigenvalue weighted by Gasteiger charge is -2.47. The third-order valence-electron chi connectivity index (χ3n) is 3.70. The van der Waals surface area contributed by atoms with Crippen molar-refractivity contribution in [2.45, 2.75) is 52.6 Å². The van der Waals surface area contributed by atoms with Gasteiger partial charge in [-0.2, -0.15) is 0 Å². The minimum Gasteiger partial charge on any atom is -0.389 e. The van der Waals surface area contributed by atoms with E-state index in [1.807, 2.05) is 27.7 Å². The van der Waals surface area contributed by atoms with E-state index in [2.05, 4.69) is 0 Å². The molecule has 0 saturated heterocycles. The summed E-state index contributed by atoms with van der Waals surface area (Å²) in [4.78, 5) is 11.7. The average Bonchev–Trinajstić information content (AvgIpc) is 2.00. The lowest BCUT2D eigenvalue weighted by atomic mass is 9.60. The molecule has 2 nitrogen and oxygen atoms in total. The SMILES string of the molecule is CC(C)C1(O)CCCC(=O)C1(C)C. The van der Waals surface area contributed by atoms with E-state index in [4.69, 9.17) is 0 Å². The summed E-state index contributed by atoms with van der Waals surface area (Å²) in [6.07, 6.45) is 2.21. The van der Waals surface area contributed by atoms with Gasteiger partial charge >= 0.3 is 0 Å². The Kier molecular flexibility index (Phi) is 2.54. The van der Waals surface area contributed by atoms with Gasteiger partial charge in [0.15, 0.2) is 0 Å². The van der Waals surface area contributed by atoms with Gasteiger partial charge in [0.2, 0.25) is 0 Å². The van der Waals surface area contributed by atoms with Crippen LogP contribution >= 0.6 is 0 Å². The molecule has 0 spiro atoms. The Morgan fingerprint density at radius 1 is 1.38 bits per heavy atom. The topological polar surface area (TPSA) is 37.3 Å². The fraction of sp³-hybridized carbons (Fsp3) is 0.909. The molecule has 1 N–H and O–H groups in total. The zero-order valence-electron chi connectivity index (χ0n) is 9.05. The first-order valence-corrected chi connectivity index (χ1v) is 5.08. The van der Waals surface area contributed by atoms with Crippen LogP contribution in [0.4, 0.5) is 0 Å². The van der Waals surface area contributed by atoms with Crippen LogP contribution in [-0.2, 0) is 4.79 Å². The molecule has 0 bridgehead atoms. The lowest BCUT2D eigenvalue weighted by Crippen LogP contribution is -2.55. The highest BCUT2D eigenvalue weighted by atomic mass is 16.3. The van der Waals surface area contributed by atoms with Crippen LogP contribution in [-0.4, -0.2) is 16.5 Å². The molecule has 0 amide bonds. The number of hydrogen-bond acceptors (Lipinski definition) is 2. The first-order valence-electron chi connectivity index (χ1n) is 5.08. The van der Waals surface area contributed by atoms with Crippen LogP contribution in [0.2, 0.25) is 0 Å². The van der Waals surface area contributed by atoms with Gasteiger partial charge in [-0.3, -0.25) is 4.79 Å². The van der Waals surface area contributed by atoms with Crippen LogP contribution in [0.5, 0.6) is 0 Å². The van der Waals surface area contributed by atoms with Crippen LogP contribution in [0.1, 0.15) is 47.0 Å². The molecule has 1 fully saturated rings. The first-order chi connectivity index (χ1) is 5.82. The minimum atomic E-state index is -0.803. The average molecular weight is 184 g/mol. The van der Waals surface area contributed by atoms with Crippen LogP contribution < -0.4 is 0 Å². The normalized spacial score (nSPS) is 33.8. The standard InChI is InChI=1S/C11H20O2/c1-8(2)11(13)7-5-6-9(12)10(11,3)4/h8,13H,5-7H2,1-4H3. The van der Waals surface area contributed by atoms with Crippen molar-refractivity contribution in [3.05, 3.63) is 0 Å². The van der Waals surface area contributed by atoms with Gasteiger partial charge in [0.1, 0.15) is 5.78 Å². The van der Waals surface area contributed by atoms with Gasteiger partial charge in [-0.05, 0) is 18.8 Å². The molecule has 0 aromatic rings. The molecule has 0 aromatic carbocycles. The van der Waals surface area contributed by atoms with E-state index in [1.165, 1.54) is 0 Å². The second-order valence-corrected chi connectivity index (χ2v) is 4.98. The molecule has 1 aliphatic carbocycles. The Bertz CT molecular complexity index is 218. The molecule has 76 valence electrons. The summed E-state index contributed by atoms with van der Waals surface area (Å²) in [6, 6.07) is 0. The van der Waals surface area contributed by atoms with E-state index in [0.717, 1.165) is 12.8 Å². The molecular formula is C11H20O2. The van der Waals surface area contributed by atoms with Gasteiger partial charge in [-0.1, -0.05) is 27.7 Å². The second kappa shape index (κ2) is 3.09. The molecule has 0 aliphatic heterocycles. The van der Waals surface area contributed by atoms with E-state index in [1.54, 1.807) is 0 Å². The highest BCUT2D eigenvalue weighted by Crippen LogP contribution is 2.45. The summed E-state index contributed by atoms with van der Waals surface area (Å²) < 4.78 is 0. The van der Waals surface area contributed by atoms with E-state index in [9.17, 15) is 9.90 Å². The van der Waals surface area contributed by atoms with Gasteiger partial charge in [0.25, 0.3) is 0 Å². The molecule has 0 heterocycles. The number of rotatable bonds is 1. The Balaban J connectivity index is 3.02. The van der Waals surface area contributed by atoms with Crippen molar-refractivity contribution < 1.29 is 9.90 Å². The summed E-state index contributed by atoms with van der Waals surface area (Å²) in [5, 5.41) is 10.4. The molecule has 13 heavy (non-hydrogen) atoms. The summed E-state index contributed by atoms with van der Waals surface area (Å²) in [6.45, 7) is 7.71. The van der Waals surface area contributed by atoms with Gasteiger partial charge < -0.3 is 5.11 Å². The molecule has 0 aromatic heterocycles. The predicted molar refractivity (Wildman–Crippen MR) is 52.4 cm³/mol. The number of hydrogen-bond donors (Lipinski definition) is 1. The molecule has 1 rings (SSSR count). The van der Waals surface area contributed by atoms with Crippen molar-refractivity contribution in [1.29, 1.82) is 0 Å². The zero-order valence-corrected chi connectivity index (χ0v) is 9.05. The number of aliphatic hydroxyl groups is 1. The van der Waals surface area contributed by atoms with Crippen molar-refractivity contribution in [1.82, 2.24) is 0 Å². The van der Waals surface area contributed by atoms with Crippen molar-refractivity contribution in [2.24, 2.45) is 11.3 Å². The largest absolute Gasteiger partial charge is 0.389 e. The number of Topliss-reactive ketones (excluding diaryl/α,β-unsaturated/α-hetero) is 1. The fourth-order valence-corrected chi connectivity index (χ4v) is 2.40. The zero-order chi connectivity index (χ0) is 10.3. The lowest BCUT2D eigenvalue weighted by molar-refractivity contribution is -0.161. The van der Waals surface area contributed by atoms with Crippen LogP contribution in [0.3, 0.4) is 0 Å². The van der Waals surface area contributed by atoms with Crippen LogP contribution in [0, 0.1) is 11.3 Å². The highest BCUT2D eigenvalue weighted by molar-refractivity contribution is 5.86. The minimum absolute atomic E-state index is 0.145. The summed E-state index contributed by atoms with van der Waals surface area (Å²) in [5.41, 5.74) is -1.37. The van der Waals surface area contributed by atoms with Crippen LogP contribution in [0.15, 0.2) is 0 Å². The summed E-state index contributed by atoms with van der Waals surface area (Å²) in [5.74, 6) is 0.349. The maximum absolute atomic E-state index is 11.7. The number of carbonyl (C=O) groups excluding carboxylic acids is 1. The van der Waals surface area contributed by atoms with Gasteiger partial charge in [0.05, 0.1) is 11.0 Å². The highest BCUT2D eigenvalue weighted by Gasteiger charge is 2.51. The van der Waals surface area contributed by atoms with Gasteiger partial charge in [0, 0.05) is 6.42 Å². The number of carbonyl (C=O) groups is 1. The maximum Gasteiger partial charge on any atom is 0.141 e. The van der Waals surface area contributed by atoms with Crippen molar-refractivity contribution in [3.63, 3.8) is 0 Å². The van der Waals surface area contributed by atoms with E-state index < -0.39 is 11.0 Å². The molecule has 1 unspecified atom stereocenters. The molecule has 1 aliphatic rings. The Hall–Kier alpha value is -0.370. The monoisotopic (exact) mass is 184 g/mol. The Morgan fingerprint density at radius 3 is 2.31 bits per heavy atom. The fourth-order valence-electron chi connectivity index (χ4n) is 2.40. The molecule has 1 saturated carbocycles. The van der Waals surface area contributed by atoms with Crippen molar-refractivity contribution in [3.8, 4) is 0 Å². The van der Waals surface area contributed by atoms with E-state index in [-0.39, 0.29) is 11.7 Å². The maximum atomic E-state index is 11.7. The second-order valence-electron chi connectivity index (χ2n) is 4.98. The predicted octanol–water partition coefficient (Wildman–Crippen LogP) is 2.15. The summed E-state index contributed by atoms with van der Waals surface area (Å²) >= 11 is 0. The summed E-state index contributed by atoms with van der Waals surface area (Å²) in [7, 11) is 0. The molecule has 0 radical (unpaired) electrons. The smallest absolute Gasteiger partial charge is 0.141 e. The Morgan fingerprint density at radius 2 is 1.92 bits per heavy atom. The third-order valence-corrected chi connectivity index (χ3v) is 3.70. The van der Waals surface area contributed by atoms with Gasteiger partial charge in [-0.25, -0.2) is 0 Å². The first kappa shape index (κ1) is 10.7. The van der Waals surface area contributed by atoms with Crippen molar-refractivity contribution in [2.75, 3.05) is 0 Å². The number of ketones is 1. The third kappa shape index (κ3) is 1.41. The molecule has 2 heteroatoms. The quantitative estimate of drug-likeness (QED) is 0.678. The molecule has 1 atom stereocenters. The van der Waals surface area contributed by atoms with E-state index >= 15 is 0 Å². The van der Waals surface area contributed by atoms with Crippen LogP contribution in [0.25, 0.3) is 0 Å².